The summed E-state index contributed by atoms with van der Waals surface area (Å²) in [5.74, 6) is 0.195. The number of methoxy groups -OCH3 is 2. The first-order chi connectivity index (χ1) is 13.0. The lowest BCUT2D eigenvalue weighted by atomic mass is 10.1. The van der Waals surface area contributed by atoms with Crippen LogP contribution in [-0.4, -0.2) is 38.6 Å². The van der Waals surface area contributed by atoms with Crippen molar-refractivity contribution in [1.82, 2.24) is 5.32 Å². The van der Waals surface area contributed by atoms with E-state index in [0.717, 1.165) is 23.2 Å². The minimum Gasteiger partial charge on any atom is -0.493 e. The Labute approximate surface area is 159 Å². The van der Waals surface area contributed by atoms with Crippen LogP contribution in [0.15, 0.2) is 42.5 Å². The molecule has 2 aromatic carbocycles. The number of carbonyl (C=O) groups is 2. The van der Waals surface area contributed by atoms with Gasteiger partial charge in [0.05, 0.1) is 14.2 Å². The largest absolute Gasteiger partial charge is 0.493 e. The van der Waals surface area contributed by atoms with E-state index in [2.05, 4.69) is 5.32 Å². The fourth-order valence-electron chi connectivity index (χ4n) is 3.42. The number of anilines is 1. The van der Waals surface area contributed by atoms with E-state index < -0.39 is 11.8 Å². The number of nitrogens with one attached hydrogen (secondary N) is 1. The maximum atomic E-state index is 12.6. The number of fused-ring (bicyclic) bond motifs is 1. The Morgan fingerprint density at radius 2 is 1.85 bits per heavy atom. The van der Waals surface area contributed by atoms with Crippen LogP contribution in [0, 0.1) is 0 Å². The predicted molar refractivity (Wildman–Crippen MR) is 103 cm³/mol. The maximum absolute atomic E-state index is 12.6. The van der Waals surface area contributed by atoms with E-state index in [9.17, 15) is 9.59 Å². The summed E-state index contributed by atoms with van der Waals surface area (Å²) in [6, 6.07) is 13.3. The molecule has 1 unspecified atom stereocenters. The molecular weight excluding hydrogens is 344 g/mol. The molecule has 0 aromatic heterocycles. The zero-order valence-electron chi connectivity index (χ0n) is 15.8. The van der Waals surface area contributed by atoms with Gasteiger partial charge in [-0.1, -0.05) is 24.3 Å². The summed E-state index contributed by atoms with van der Waals surface area (Å²) >= 11 is 0. The summed E-state index contributed by atoms with van der Waals surface area (Å²) in [6.45, 7) is 2.32. The van der Waals surface area contributed by atoms with Gasteiger partial charge in [0.15, 0.2) is 11.5 Å². The van der Waals surface area contributed by atoms with Gasteiger partial charge in [0.25, 0.3) is 0 Å². The molecule has 27 heavy (non-hydrogen) atoms. The minimum atomic E-state index is -0.584. The molecule has 1 N–H and O–H groups in total. The third kappa shape index (κ3) is 3.89. The van der Waals surface area contributed by atoms with E-state index >= 15 is 0 Å². The van der Waals surface area contributed by atoms with Crippen molar-refractivity contribution in [3.8, 4) is 11.5 Å². The molecule has 2 aromatic rings. The van der Waals surface area contributed by atoms with Crippen LogP contribution in [0.25, 0.3) is 0 Å². The fourth-order valence-corrected chi connectivity index (χ4v) is 3.42. The topological polar surface area (TPSA) is 67.9 Å². The molecule has 3 rings (SSSR count). The number of nitrogens with zero attached hydrogens (tertiary/aromatic N) is 1. The Balaban J connectivity index is 1.59. The summed E-state index contributed by atoms with van der Waals surface area (Å²) < 4.78 is 10.5. The van der Waals surface area contributed by atoms with Gasteiger partial charge in [0.2, 0.25) is 0 Å². The number of benzene rings is 2. The van der Waals surface area contributed by atoms with Gasteiger partial charge in [-0.2, -0.15) is 0 Å². The molecule has 0 radical (unpaired) electrons. The second-order valence-electron chi connectivity index (χ2n) is 6.55. The maximum Gasteiger partial charge on any atom is 0.316 e. The van der Waals surface area contributed by atoms with Crippen LogP contribution in [0.2, 0.25) is 0 Å². The number of hydrogen-bond donors (Lipinski definition) is 1. The summed E-state index contributed by atoms with van der Waals surface area (Å²) in [5, 5.41) is 2.72. The Morgan fingerprint density at radius 3 is 2.59 bits per heavy atom. The highest BCUT2D eigenvalue weighted by Crippen LogP contribution is 2.31. The molecule has 0 fully saturated rings. The molecule has 0 saturated heterocycles. The van der Waals surface area contributed by atoms with Crippen molar-refractivity contribution >= 4 is 17.5 Å². The monoisotopic (exact) mass is 368 g/mol. The van der Waals surface area contributed by atoms with Crippen LogP contribution >= 0.6 is 0 Å². The van der Waals surface area contributed by atoms with Gasteiger partial charge in [-0.3, -0.25) is 9.59 Å². The first-order valence-corrected chi connectivity index (χ1v) is 8.95. The fraction of sp³-hybridized carbons (Fsp3) is 0.333. The van der Waals surface area contributed by atoms with Crippen LogP contribution < -0.4 is 19.7 Å². The van der Waals surface area contributed by atoms with Crippen LogP contribution in [0.1, 0.15) is 18.1 Å². The standard InChI is InChI=1S/C21H24N2O4/c1-14-12-16-6-4-5-7-17(16)23(14)21(25)20(24)22-11-10-15-8-9-18(26-2)19(13-15)27-3/h4-9,13-14H,10-12H2,1-3H3,(H,22,24). The normalized spacial score (nSPS) is 15.2. The first-order valence-electron chi connectivity index (χ1n) is 8.95. The zero-order chi connectivity index (χ0) is 19.4. The second kappa shape index (κ2) is 8.12. The van der Waals surface area contributed by atoms with Crippen LogP contribution in [0.5, 0.6) is 11.5 Å². The van der Waals surface area contributed by atoms with Gasteiger partial charge in [0, 0.05) is 18.3 Å². The average Bonchev–Trinajstić information content (AvgIpc) is 3.02. The molecular formula is C21H24N2O4. The summed E-state index contributed by atoms with van der Waals surface area (Å²) in [6.07, 6.45) is 1.35. The van der Waals surface area contributed by atoms with Crippen molar-refractivity contribution in [3.63, 3.8) is 0 Å². The number of ether oxygens (including phenoxy) is 2. The number of hydrogen-bond acceptors (Lipinski definition) is 4. The molecule has 0 aliphatic carbocycles. The highest BCUT2D eigenvalue weighted by molar-refractivity contribution is 6.40. The van der Waals surface area contributed by atoms with Crippen LogP contribution in [0.4, 0.5) is 5.69 Å². The Morgan fingerprint density at radius 1 is 1.11 bits per heavy atom. The van der Waals surface area contributed by atoms with Crippen molar-refractivity contribution < 1.29 is 19.1 Å². The van der Waals surface area contributed by atoms with Crippen LogP contribution in [-0.2, 0) is 22.4 Å². The third-order valence-electron chi connectivity index (χ3n) is 4.77. The Hall–Kier alpha value is -3.02. The SMILES string of the molecule is COc1ccc(CCNC(=O)C(=O)N2c3ccccc3CC2C)cc1OC. The van der Waals surface area contributed by atoms with Crippen molar-refractivity contribution in [2.45, 2.75) is 25.8 Å². The van der Waals surface area contributed by atoms with Crippen molar-refractivity contribution in [1.29, 1.82) is 0 Å². The molecule has 1 heterocycles. The smallest absolute Gasteiger partial charge is 0.316 e. The van der Waals surface area contributed by atoms with E-state index in [4.69, 9.17) is 9.47 Å². The number of para-hydroxylation sites is 1. The molecule has 1 aliphatic rings. The quantitative estimate of drug-likeness (QED) is 0.823. The second-order valence-corrected chi connectivity index (χ2v) is 6.55. The molecule has 142 valence electrons. The summed E-state index contributed by atoms with van der Waals surface area (Å²) in [5.41, 5.74) is 2.90. The van der Waals surface area contributed by atoms with Crippen molar-refractivity contribution in [2.24, 2.45) is 0 Å². The minimum absolute atomic E-state index is 0.0218. The average molecular weight is 368 g/mol. The Kier molecular flexibility index (Phi) is 5.64. The predicted octanol–water partition coefficient (Wildman–Crippen LogP) is 2.34. The van der Waals surface area contributed by atoms with E-state index in [-0.39, 0.29) is 6.04 Å². The zero-order valence-corrected chi connectivity index (χ0v) is 15.8. The van der Waals surface area contributed by atoms with Crippen molar-refractivity contribution in [2.75, 3.05) is 25.7 Å². The molecule has 0 bridgehead atoms. The van der Waals surface area contributed by atoms with Crippen LogP contribution in [0.3, 0.4) is 0 Å². The van der Waals surface area contributed by atoms with E-state index in [0.29, 0.717) is 24.5 Å². The van der Waals surface area contributed by atoms with Gasteiger partial charge in [-0.15, -0.1) is 0 Å². The number of rotatable bonds is 5. The Bertz CT molecular complexity index is 850. The number of carbonyl (C=O) groups excluding carboxylic acids is 2. The van der Waals surface area contributed by atoms with Gasteiger partial charge in [-0.05, 0) is 49.1 Å². The van der Waals surface area contributed by atoms with Crippen molar-refractivity contribution in [3.05, 3.63) is 53.6 Å². The molecule has 1 aliphatic heterocycles. The van der Waals surface area contributed by atoms with E-state index in [1.54, 1.807) is 19.1 Å². The molecule has 6 nitrogen and oxygen atoms in total. The highest BCUT2D eigenvalue weighted by atomic mass is 16.5. The van der Waals surface area contributed by atoms with Gasteiger partial charge in [-0.25, -0.2) is 0 Å². The van der Waals surface area contributed by atoms with Gasteiger partial charge < -0.3 is 19.7 Å². The van der Waals surface area contributed by atoms with E-state index in [1.165, 1.54) is 0 Å². The summed E-state index contributed by atoms with van der Waals surface area (Å²) in [4.78, 5) is 26.6. The molecule has 0 saturated carbocycles. The lowest BCUT2D eigenvalue weighted by Crippen LogP contribution is -2.46. The lowest BCUT2D eigenvalue weighted by molar-refractivity contribution is -0.137. The molecule has 0 spiro atoms. The molecule has 2 amide bonds. The van der Waals surface area contributed by atoms with E-state index in [1.807, 2.05) is 49.4 Å². The first kappa shape index (κ1) is 18.8. The summed E-state index contributed by atoms with van der Waals surface area (Å²) in [7, 11) is 3.16. The molecule has 6 heteroatoms. The van der Waals surface area contributed by atoms with Gasteiger partial charge in [0.1, 0.15) is 0 Å². The highest BCUT2D eigenvalue weighted by Gasteiger charge is 2.33. The third-order valence-corrected chi connectivity index (χ3v) is 4.77. The number of amides is 2. The molecule has 1 atom stereocenters. The lowest BCUT2D eigenvalue weighted by Gasteiger charge is -2.22. The van der Waals surface area contributed by atoms with Gasteiger partial charge >= 0.3 is 11.8 Å².